The molecule has 0 atom stereocenters. The topological polar surface area (TPSA) is 57.7 Å². The van der Waals surface area contributed by atoms with Crippen molar-refractivity contribution < 1.29 is 13.2 Å². The summed E-state index contributed by atoms with van der Waals surface area (Å²) in [7, 11) is -1.35. The van der Waals surface area contributed by atoms with E-state index in [9.17, 15) is 13.2 Å². The van der Waals surface area contributed by atoms with Gasteiger partial charge in [-0.2, -0.15) is 0 Å². The van der Waals surface area contributed by atoms with Gasteiger partial charge in [-0.05, 0) is 29.5 Å². The highest BCUT2D eigenvalue weighted by molar-refractivity contribution is 7.88. The number of carbonyl (C=O) groups excluding carboxylic acids is 1. The second-order valence-corrected chi connectivity index (χ2v) is 9.18. The van der Waals surface area contributed by atoms with Crippen LogP contribution in [0.5, 0.6) is 0 Å². The molecule has 6 heteroatoms. The third kappa shape index (κ3) is 4.96. The maximum absolute atomic E-state index is 12.7. The second-order valence-electron chi connectivity index (χ2n) is 7.19. The zero-order valence-electron chi connectivity index (χ0n) is 15.8. The van der Waals surface area contributed by atoms with Crippen LogP contribution in [0.4, 0.5) is 0 Å². The Kier molecular flexibility index (Phi) is 5.97. The van der Waals surface area contributed by atoms with Crippen molar-refractivity contribution in [2.24, 2.45) is 5.92 Å². The van der Waals surface area contributed by atoms with E-state index in [2.05, 4.69) is 36.4 Å². The van der Waals surface area contributed by atoms with Crippen LogP contribution < -0.4 is 0 Å². The summed E-state index contributed by atoms with van der Waals surface area (Å²) in [5.74, 6) is -0.00752. The molecule has 0 radical (unpaired) electrons. The van der Waals surface area contributed by atoms with Gasteiger partial charge in [0, 0.05) is 32.6 Å². The third-order valence-electron chi connectivity index (χ3n) is 5.13. The molecule has 27 heavy (non-hydrogen) atoms. The van der Waals surface area contributed by atoms with Crippen molar-refractivity contribution in [2.45, 2.75) is 19.4 Å². The highest BCUT2D eigenvalue weighted by Gasteiger charge is 2.30. The fourth-order valence-corrected chi connectivity index (χ4v) is 4.41. The predicted molar refractivity (Wildman–Crippen MR) is 107 cm³/mol. The summed E-state index contributed by atoms with van der Waals surface area (Å²) in [6.45, 7) is 1.41. The Bertz CT molecular complexity index is 871. The monoisotopic (exact) mass is 386 g/mol. The fourth-order valence-electron chi connectivity index (χ4n) is 3.53. The number of amides is 1. The molecule has 1 saturated heterocycles. The van der Waals surface area contributed by atoms with E-state index in [4.69, 9.17) is 0 Å². The van der Waals surface area contributed by atoms with Crippen molar-refractivity contribution in [3.8, 4) is 11.1 Å². The molecular formula is C21H26N2O3S. The van der Waals surface area contributed by atoms with E-state index in [0.29, 0.717) is 32.5 Å². The molecule has 0 spiro atoms. The summed E-state index contributed by atoms with van der Waals surface area (Å²) in [6, 6.07) is 18.5. The molecule has 0 aliphatic carbocycles. The van der Waals surface area contributed by atoms with E-state index in [-0.39, 0.29) is 11.8 Å². The van der Waals surface area contributed by atoms with E-state index >= 15 is 0 Å². The highest BCUT2D eigenvalue weighted by atomic mass is 32.2. The zero-order chi connectivity index (χ0) is 19.4. The summed E-state index contributed by atoms with van der Waals surface area (Å²) in [5, 5.41) is 0. The van der Waals surface area contributed by atoms with Gasteiger partial charge in [-0.25, -0.2) is 12.7 Å². The number of piperidine rings is 1. The molecule has 1 amide bonds. The molecule has 1 aliphatic rings. The first kappa shape index (κ1) is 19.6. The van der Waals surface area contributed by atoms with Crippen LogP contribution in [-0.4, -0.2) is 49.9 Å². The standard InChI is InChI=1S/C21H26N2O3S/c1-22(21(24)20-12-14-23(15-13-20)27(2,25)26)16-17-8-10-19(11-9-17)18-6-4-3-5-7-18/h3-11,20H,12-16H2,1-2H3. The second kappa shape index (κ2) is 8.23. The van der Waals surface area contributed by atoms with Gasteiger partial charge in [0.25, 0.3) is 0 Å². The van der Waals surface area contributed by atoms with E-state index in [0.717, 1.165) is 11.1 Å². The van der Waals surface area contributed by atoms with Gasteiger partial charge in [-0.1, -0.05) is 54.6 Å². The minimum Gasteiger partial charge on any atom is -0.341 e. The summed E-state index contributed by atoms with van der Waals surface area (Å²) in [5.41, 5.74) is 3.41. The Hall–Kier alpha value is -2.18. The lowest BCUT2D eigenvalue weighted by molar-refractivity contribution is -0.135. The molecule has 0 bridgehead atoms. The van der Waals surface area contributed by atoms with Gasteiger partial charge in [-0.15, -0.1) is 0 Å². The first-order chi connectivity index (χ1) is 12.8. The van der Waals surface area contributed by atoms with Gasteiger partial charge in [0.2, 0.25) is 15.9 Å². The fraction of sp³-hybridized carbons (Fsp3) is 0.381. The van der Waals surface area contributed by atoms with Crippen LogP contribution in [0.25, 0.3) is 11.1 Å². The number of benzene rings is 2. The lowest BCUT2D eigenvalue weighted by Gasteiger charge is -2.31. The summed E-state index contributed by atoms with van der Waals surface area (Å²) < 4.78 is 24.7. The molecule has 3 rings (SSSR count). The van der Waals surface area contributed by atoms with Crippen molar-refractivity contribution >= 4 is 15.9 Å². The van der Waals surface area contributed by atoms with Crippen molar-refractivity contribution in [2.75, 3.05) is 26.4 Å². The molecule has 0 N–H and O–H groups in total. The molecule has 5 nitrogen and oxygen atoms in total. The van der Waals surface area contributed by atoms with Gasteiger partial charge in [0.1, 0.15) is 0 Å². The Morgan fingerprint density at radius 1 is 1.00 bits per heavy atom. The first-order valence-electron chi connectivity index (χ1n) is 9.19. The maximum atomic E-state index is 12.7. The van der Waals surface area contributed by atoms with Crippen LogP contribution >= 0.6 is 0 Å². The lowest BCUT2D eigenvalue weighted by atomic mass is 9.96. The van der Waals surface area contributed by atoms with Crippen LogP contribution in [0.15, 0.2) is 54.6 Å². The quantitative estimate of drug-likeness (QED) is 0.794. The SMILES string of the molecule is CN(Cc1ccc(-c2ccccc2)cc1)C(=O)C1CCN(S(C)(=O)=O)CC1. The molecule has 0 saturated carbocycles. The molecule has 2 aromatic carbocycles. The van der Waals surface area contributed by atoms with Crippen LogP contribution in [0.3, 0.4) is 0 Å². The van der Waals surface area contributed by atoms with E-state index in [1.807, 2.05) is 25.2 Å². The molecular weight excluding hydrogens is 360 g/mol. The van der Waals surface area contributed by atoms with E-state index in [1.54, 1.807) is 4.90 Å². The Labute approximate surface area is 161 Å². The molecule has 144 valence electrons. The number of hydrogen-bond acceptors (Lipinski definition) is 3. The van der Waals surface area contributed by atoms with Gasteiger partial charge >= 0.3 is 0 Å². The van der Waals surface area contributed by atoms with Crippen molar-refractivity contribution in [1.29, 1.82) is 0 Å². The van der Waals surface area contributed by atoms with Crippen LogP contribution in [-0.2, 0) is 21.4 Å². The molecule has 0 unspecified atom stereocenters. The van der Waals surface area contributed by atoms with E-state index in [1.165, 1.54) is 16.1 Å². The van der Waals surface area contributed by atoms with Gasteiger partial charge in [0.05, 0.1) is 6.26 Å². The minimum absolute atomic E-state index is 0.0929. The van der Waals surface area contributed by atoms with Gasteiger partial charge in [0.15, 0.2) is 0 Å². The maximum Gasteiger partial charge on any atom is 0.225 e. The molecule has 1 fully saturated rings. The first-order valence-corrected chi connectivity index (χ1v) is 11.0. The average molecular weight is 387 g/mol. The van der Waals surface area contributed by atoms with Gasteiger partial charge < -0.3 is 4.90 Å². The van der Waals surface area contributed by atoms with Crippen LogP contribution in [0.1, 0.15) is 18.4 Å². The van der Waals surface area contributed by atoms with Crippen molar-refractivity contribution in [1.82, 2.24) is 9.21 Å². The molecule has 0 aromatic heterocycles. The normalized spacial score (nSPS) is 16.2. The highest BCUT2D eigenvalue weighted by Crippen LogP contribution is 2.23. The molecule has 2 aromatic rings. The molecule has 1 aliphatic heterocycles. The Balaban J connectivity index is 1.57. The minimum atomic E-state index is -3.16. The summed E-state index contributed by atoms with van der Waals surface area (Å²) in [4.78, 5) is 14.5. The number of hydrogen-bond donors (Lipinski definition) is 0. The van der Waals surface area contributed by atoms with E-state index < -0.39 is 10.0 Å². The number of carbonyl (C=O) groups is 1. The predicted octanol–water partition coefficient (Wildman–Crippen LogP) is 2.98. The summed E-state index contributed by atoms with van der Waals surface area (Å²) >= 11 is 0. The molecule has 1 heterocycles. The zero-order valence-corrected chi connectivity index (χ0v) is 16.7. The van der Waals surface area contributed by atoms with Crippen LogP contribution in [0.2, 0.25) is 0 Å². The smallest absolute Gasteiger partial charge is 0.225 e. The van der Waals surface area contributed by atoms with Crippen molar-refractivity contribution in [3.63, 3.8) is 0 Å². The largest absolute Gasteiger partial charge is 0.341 e. The van der Waals surface area contributed by atoms with Gasteiger partial charge in [-0.3, -0.25) is 4.79 Å². The number of sulfonamides is 1. The number of nitrogens with zero attached hydrogens (tertiary/aromatic N) is 2. The summed E-state index contributed by atoms with van der Waals surface area (Å²) in [6.07, 6.45) is 2.40. The Morgan fingerprint density at radius 2 is 1.56 bits per heavy atom. The third-order valence-corrected chi connectivity index (χ3v) is 6.43. The van der Waals surface area contributed by atoms with Crippen molar-refractivity contribution in [3.05, 3.63) is 60.2 Å². The van der Waals surface area contributed by atoms with Crippen LogP contribution in [0, 0.1) is 5.92 Å². The number of rotatable bonds is 5. The average Bonchev–Trinajstić information content (AvgIpc) is 2.68. The Morgan fingerprint density at radius 3 is 2.11 bits per heavy atom. The lowest BCUT2D eigenvalue weighted by Crippen LogP contribution is -2.42.